The predicted octanol–water partition coefficient (Wildman–Crippen LogP) is 4.82. The van der Waals surface area contributed by atoms with Crippen molar-refractivity contribution in [3.05, 3.63) is 64.4 Å². The van der Waals surface area contributed by atoms with E-state index in [1.165, 1.54) is 0 Å². The number of aromatic nitrogens is 4. The fraction of sp³-hybridized carbons (Fsp3) is 0.261. The van der Waals surface area contributed by atoms with E-state index in [-0.39, 0.29) is 0 Å². The summed E-state index contributed by atoms with van der Waals surface area (Å²) in [6.45, 7) is 3.72. The third-order valence-corrected chi connectivity index (χ3v) is 6.30. The predicted molar refractivity (Wildman–Crippen MR) is 126 cm³/mol. The van der Waals surface area contributed by atoms with Gasteiger partial charge in [-0.2, -0.15) is 14.6 Å². The fourth-order valence-corrected chi connectivity index (χ4v) is 4.25. The maximum Gasteiger partial charge on any atom is 0.230 e. The number of hydrogen-bond acceptors (Lipinski definition) is 5. The lowest BCUT2D eigenvalue weighted by molar-refractivity contribution is 0.244. The first-order chi connectivity index (χ1) is 14.9. The highest BCUT2D eigenvalue weighted by Gasteiger charge is 2.32. The summed E-state index contributed by atoms with van der Waals surface area (Å²) in [4.78, 5) is 14.0. The van der Waals surface area contributed by atoms with Crippen LogP contribution in [0.25, 0.3) is 28.0 Å². The van der Waals surface area contributed by atoms with Crippen molar-refractivity contribution >= 4 is 34.8 Å². The van der Waals surface area contributed by atoms with E-state index in [0.29, 0.717) is 21.9 Å². The van der Waals surface area contributed by atoms with E-state index in [1.807, 2.05) is 60.0 Å². The minimum Gasteiger partial charge on any atom is -0.337 e. The third-order valence-electron chi connectivity index (χ3n) is 5.72. The molecule has 0 unspecified atom stereocenters. The summed E-state index contributed by atoms with van der Waals surface area (Å²) >= 11 is 12.7. The number of hydrogen-bond donors (Lipinski definition) is 0. The molecule has 0 atom stereocenters. The van der Waals surface area contributed by atoms with Gasteiger partial charge in [0.2, 0.25) is 5.95 Å². The topological polar surface area (TPSA) is 49.6 Å². The summed E-state index contributed by atoms with van der Waals surface area (Å²) < 4.78 is 1.85. The molecular weight excluding hydrogens is 431 g/mol. The Labute approximate surface area is 191 Å². The van der Waals surface area contributed by atoms with Crippen LogP contribution in [-0.2, 0) is 0 Å². The third kappa shape index (κ3) is 3.55. The Balaban J connectivity index is 1.75. The summed E-state index contributed by atoms with van der Waals surface area (Å²) in [6, 6.07) is 16.0. The summed E-state index contributed by atoms with van der Waals surface area (Å²) in [5.41, 5.74) is 4.29. The van der Waals surface area contributed by atoms with Crippen LogP contribution in [0.2, 0.25) is 10.0 Å². The Hall–Kier alpha value is -2.67. The summed E-state index contributed by atoms with van der Waals surface area (Å²) in [7, 11) is 4.20. The molecule has 1 aliphatic rings. The van der Waals surface area contributed by atoms with E-state index in [4.69, 9.17) is 38.3 Å². The van der Waals surface area contributed by atoms with E-state index in [9.17, 15) is 0 Å². The van der Waals surface area contributed by atoms with Crippen LogP contribution < -0.4 is 4.90 Å². The Morgan fingerprint density at radius 3 is 2.35 bits per heavy atom. The smallest absolute Gasteiger partial charge is 0.230 e. The normalized spacial score (nSPS) is 14.5. The number of likely N-dealkylation sites (N-methyl/N-ethyl adjacent to an activating group) is 1. The highest BCUT2D eigenvalue weighted by molar-refractivity contribution is 6.33. The molecule has 3 heterocycles. The average molecular weight is 453 g/mol. The molecule has 31 heavy (non-hydrogen) atoms. The van der Waals surface area contributed by atoms with Crippen LogP contribution in [0, 0.1) is 6.92 Å². The number of anilines is 1. The standard InChI is InChI=1S/C23H22Cl2N6/c1-14-26-22-20(15-8-10-16(24)11-9-15)21(18-6-4-5-7-19(18)25)28-31(22)23(27-14)30-12-17(13-30)29(2)3/h4-11,17H,12-13H2,1-3H3. The van der Waals surface area contributed by atoms with Crippen LogP contribution in [0.1, 0.15) is 5.82 Å². The van der Waals surface area contributed by atoms with E-state index in [2.05, 4.69) is 23.9 Å². The Morgan fingerprint density at radius 2 is 1.68 bits per heavy atom. The molecular formula is C23H22Cl2N6. The monoisotopic (exact) mass is 452 g/mol. The molecule has 6 nitrogen and oxygen atoms in total. The fourth-order valence-electron chi connectivity index (χ4n) is 3.90. The van der Waals surface area contributed by atoms with Gasteiger partial charge in [0.25, 0.3) is 0 Å². The van der Waals surface area contributed by atoms with Gasteiger partial charge in [-0.05, 0) is 44.8 Å². The van der Waals surface area contributed by atoms with Crippen molar-refractivity contribution in [3.8, 4) is 22.4 Å². The molecule has 8 heteroatoms. The van der Waals surface area contributed by atoms with E-state index < -0.39 is 0 Å². The lowest BCUT2D eigenvalue weighted by Gasteiger charge is -2.43. The van der Waals surface area contributed by atoms with Crippen LogP contribution in [0.4, 0.5) is 5.95 Å². The highest BCUT2D eigenvalue weighted by atomic mass is 35.5. The summed E-state index contributed by atoms with van der Waals surface area (Å²) in [5.74, 6) is 1.51. The number of fused-ring (bicyclic) bond motifs is 1. The van der Waals surface area contributed by atoms with Gasteiger partial charge >= 0.3 is 0 Å². The van der Waals surface area contributed by atoms with Crippen molar-refractivity contribution in [2.45, 2.75) is 13.0 Å². The molecule has 0 radical (unpaired) electrons. The van der Waals surface area contributed by atoms with Crippen molar-refractivity contribution in [1.29, 1.82) is 0 Å². The molecule has 1 saturated heterocycles. The molecule has 2 aromatic carbocycles. The van der Waals surface area contributed by atoms with Gasteiger partial charge in [0.15, 0.2) is 5.65 Å². The number of nitrogens with zero attached hydrogens (tertiary/aromatic N) is 6. The van der Waals surface area contributed by atoms with Gasteiger partial charge in [0.1, 0.15) is 11.5 Å². The number of aryl methyl sites for hydroxylation is 1. The maximum absolute atomic E-state index is 6.57. The largest absolute Gasteiger partial charge is 0.337 e. The molecule has 0 N–H and O–H groups in total. The number of benzene rings is 2. The first-order valence-corrected chi connectivity index (χ1v) is 10.9. The lowest BCUT2D eigenvalue weighted by atomic mass is 10.0. The first kappa shape index (κ1) is 20.2. The summed E-state index contributed by atoms with van der Waals surface area (Å²) in [6.07, 6.45) is 0. The van der Waals surface area contributed by atoms with E-state index in [0.717, 1.165) is 47.1 Å². The summed E-state index contributed by atoms with van der Waals surface area (Å²) in [5, 5.41) is 6.30. The Bertz CT molecular complexity index is 1260. The van der Waals surface area contributed by atoms with Crippen LogP contribution in [-0.4, -0.2) is 57.7 Å². The van der Waals surface area contributed by atoms with Crippen molar-refractivity contribution in [1.82, 2.24) is 24.5 Å². The second-order valence-electron chi connectivity index (χ2n) is 8.04. The molecule has 0 saturated carbocycles. The van der Waals surface area contributed by atoms with Crippen molar-refractivity contribution in [2.24, 2.45) is 0 Å². The molecule has 0 spiro atoms. The molecule has 1 aliphatic heterocycles. The Kier molecular flexibility index (Phi) is 5.08. The second-order valence-corrected chi connectivity index (χ2v) is 8.88. The zero-order chi connectivity index (χ0) is 21.7. The molecule has 0 aliphatic carbocycles. The first-order valence-electron chi connectivity index (χ1n) is 10.1. The van der Waals surface area contributed by atoms with Crippen LogP contribution >= 0.6 is 23.2 Å². The molecule has 0 amide bonds. The van der Waals surface area contributed by atoms with Gasteiger partial charge in [0.05, 0.1) is 10.6 Å². The molecule has 4 aromatic rings. The van der Waals surface area contributed by atoms with Gasteiger partial charge in [-0.3, -0.25) is 0 Å². The SMILES string of the molecule is Cc1nc(N2CC(N(C)C)C2)n2nc(-c3ccccc3Cl)c(-c3ccc(Cl)cc3)c2n1. The zero-order valence-electron chi connectivity index (χ0n) is 17.5. The van der Waals surface area contributed by atoms with Crippen LogP contribution in [0.5, 0.6) is 0 Å². The minimum atomic E-state index is 0.500. The second kappa shape index (κ2) is 7.79. The quantitative estimate of drug-likeness (QED) is 0.443. The average Bonchev–Trinajstić information content (AvgIpc) is 3.06. The Morgan fingerprint density at radius 1 is 0.968 bits per heavy atom. The lowest BCUT2D eigenvalue weighted by Crippen LogP contribution is -2.58. The van der Waals surface area contributed by atoms with Crippen molar-refractivity contribution in [3.63, 3.8) is 0 Å². The van der Waals surface area contributed by atoms with Crippen molar-refractivity contribution in [2.75, 3.05) is 32.1 Å². The number of rotatable bonds is 4. The van der Waals surface area contributed by atoms with Gasteiger partial charge in [-0.25, -0.2) is 4.98 Å². The van der Waals surface area contributed by atoms with Gasteiger partial charge in [-0.15, -0.1) is 0 Å². The molecule has 5 rings (SSSR count). The maximum atomic E-state index is 6.57. The molecule has 2 aromatic heterocycles. The van der Waals surface area contributed by atoms with Crippen LogP contribution in [0.15, 0.2) is 48.5 Å². The zero-order valence-corrected chi connectivity index (χ0v) is 19.1. The van der Waals surface area contributed by atoms with Gasteiger partial charge in [0, 0.05) is 29.7 Å². The van der Waals surface area contributed by atoms with Gasteiger partial charge in [-0.1, -0.05) is 53.5 Å². The molecule has 0 bridgehead atoms. The van der Waals surface area contributed by atoms with Crippen molar-refractivity contribution < 1.29 is 0 Å². The van der Waals surface area contributed by atoms with Crippen LogP contribution in [0.3, 0.4) is 0 Å². The molecule has 158 valence electrons. The highest BCUT2D eigenvalue weighted by Crippen LogP contribution is 2.39. The van der Waals surface area contributed by atoms with E-state index in [1.54, 1.807) is 0 Å². The number of halogens is 2. The van der Waals surface area contributed by atoms with E-state index >= 15 is 0 Å². The molecule has 1 fully saturated rings. The van der Waals surface area contributed by atoms with Gasteiger partial charge < -0.3 is 9.80 Å². The minimum absolute atomic E-state index is 0.500.